The molecule has 2 rings (SSSR count). The molecule has 1 aliphatic rings. The number of carbonyl (C=O) groups is 2. The average Bonchev–Trinajstić information content (AvgIpc) is 3.08. The van der Waals surface area contributed by atoms with Crippen LogP contribution in [0.5, 0.6) is 0 Å². The Bertz CT molecular complexity index is 678. The van der Waals surface area contributed by atoms with Crippen LogP contribution in [0.3, 0.4) is 0 Å². The van der Waals surface area contributed by atoms with Crippen molar-refractivity contribution >= 4 is 17.9 Å². The summed E-state index contributed by atoms with van der Waals surface area (Å²) in [5, 5.41) is 2.62. The van der Waals surface area contributed by atoms with E-state index in [4.69, 9.17) is 5.84 Å². The van der Waals surface area contributed by atoms with Crippen molar-refractivity contribution in [3.63, 3.8) is 0 Å². The first kappa shape index (κ1) is 16.7. The Morgan fingerprint density at radius 1 is 1.26 bits per heavy atom. The molecule has 1 aliphatic carbocycles. The van der Waals surface area contributed by atoms with Crippen molar-refractivity contribution < 1.29 is 9.59 Å². The molecule has 1 unspecified atom stereocenters. The van der Waals surface area contributed by atoms with Gasteiger partial charge in [0, 0.05) is 11.5 Å². The van der Waals surface area contributed by atoms with Gasteiger partial charge in [0.1, 0.15) is 6.04 Å². The number of benzene rings is 1. The molecule has 23 heavy (non-hydrogen) atoms. The van der Waals surface area contributed by atoms with Crippen molar-refractivity contribution in [2.45, 2.75) is 25.8 Å². The molecular weight excluding hydrogens is 290 g/mol. The van der Waals surface area contributed by atoms with Gasteiger partial charge in [-0.2, -0.15) is 0 Å². The number of nitrogens with two attached hydrogens (primary N) is 1. The number of rotatable bonds is 5. The molecule has 0 radical (unpaired) electrons. The number of hydrazine groups is 1. The van der Waals surface area contributed by atoms with Crippen molar-refractivity contribution in [2.24, 2.45) is 5.84 Å². The van der Waals surface area contributed by atoms with Crippen LogP contribution in [0.1, 0.15) is 41.3 Å². The Morgan fingerprint density at radius 3 is 2.57 bits per heavy atom. The second-order valence-electron chi connectivity index (χ2n) is 5.34. The number of amides is 2. The van der Waals surface area contributed by atoms with Crippen LogP contribution in [-0.4, -0.2) is 17.9 Å². The minimum Gasteiger partial charge on any atom is -0.340 e. The number of allylic oxidation sites excluding steroid dienone is 5. The number of hydrogen-bond acceptors (Lipinski definition) is 3. The Morgan fingerprint density at radius 2 is 1.96 bits per heavy atom. The standard InChI is InChI=1S/C18H21N3O2/c1-3-6-14-11-15(18(23)20-12(2)17(22)21-19)9-10-16(14)13-7-4-5-8-13/h3-13H,19H2,1-2H3,(H,20,23)(H,21,22)/b6-3-. The zero-order valence-electron chi connectivity index (χ0n) is 13.2. The summed E-state index contributed by atoms with van der Waals surface area (Å²) in [4.78, 5) is 23.7. The molecule has 1 aromatic rings. The predicted octanol–water partition coefficient (Wildman–Crippen LogP) is 2.04. The minimum absolute atomic E-state index is 0.222. The van der Waals surface area contributed by atoms with E-state index in [9.17, 15) is 9.59 Å². The van der Waals surface area contributed by atoms with Gasteiger partial charge >= 0.3 is 0 Å². The fourth-order valence-corrected chi connectivity index (χ4v) is 2.45. The van der Waals surface area contributed by atoms with Crippen LogP contribution < -0.4 is 16.6 Å². The fraction of sp³-hybridized carbons (Fsp3) is 0.222. The van der Waals surface area contributed by atoms with Crippen molar-refractivity contribution in [1.29, 1.82) is 0 Å². The van der Waals surface area contributed by atoms with E-state index < -0.39 is 11.9 Å². The Hall–Kier alpha value is -2.66. The second kappa shape index (κ2) is 7.56. The lowest BCUT2D eigenvalue weighted by Crippen LogP contribution is -2.47. The van der Waals surface area contributed by atoms with E-state index in [2.05, 4.69) is 17.5 Å². The maximum absolute atomic E-state index is 12.3. The minimum atomic E-state index is -0.696. The molecule has 5 nitrogen and oxygen atoms in total. The molecular formula is C18H21N3O2. The van der Waals surface area contributed by atoms with Gasteiger partial charge in [-0.05, 0) is 37.1 Å². The highest BCUT2D eigenvalue weighted by Crippen LogP contribution is 2.28. The molecule has 0 aromatic heterocycles. The summed E-state index contributed by atoms with van der Waals surface area (Å²) in [6, 6.07) is 4.85. The summed E-state index contributed by atoms with van der Waals surface area (Å²) >= 11 is 0. The summed E-state index contributed by atoms with van der Waals surface area (Å²) in [7, 11) is 0. The van der Waals surface area contributed by atoms with E-state index in [1.165, 1.54) is 0 Å². The average molecular weight is 311 g/mol. The first-order valence-electron chi connectivity index (χ1n) is 7.49. The molecule has 0 saturated heterocycles. The van der Waals surface area contributed by atoms with Gasteiger partial charge < -0.3 is 5.32 Å². The third-order valence-electron chi connectivity index (χ3n) is 3.69. The summed E-state index contributed by atoms with van der Waals surface area (Å²) in [6.45, 7) is 3.51. The number of carbonyl (C=O) groups excluding carboxylic acids is 2. The Labute approximate surface area is 135 Å². The third kappa shape index (κ3) is 3.96. The normalized spacial score (nSPS) is 15.1. The molecule has 0 heterocycles. The number of hydrogen-bond donors (Lipinski definition) is 3. The Balaban J connectivity index is 2.25. The van der Waals surface area contributed by atoms with Gasteiger partial charge in [0.15, 0.2) is 0 Å². The van der Waals surface area contributed by atoms with Crippen molar-refractivity contribution in [3.8, 4) is 0 Å². The van der Waals surface area contributed by atoms with E-state index in [1.807, 2.05) is 48.8 Å². The van der Waals surface area contributed by atoms with Gasteiger partial charge in [-0.25, -0.2) is 5.84 Å². The van der Waals surface area contributed by atoms with Crippen molar-refractivity contribution in [1.82, 2.24) is 10.7 Å². The lowest BCUT2D eigenvalue weighted by atomic mass is 9.93. The smallest absolute Gasteiger partial charge is 0.256 e. The maximum Gasteiger partial charge on any atom is 0.256 e. The highest BCUT2D eigenvalue weighted by Gasteiger charge is 2.17. The van der Waals surface area contributed by atoms with Crippen LogP contribution in [0.15, 0.2) is 48.6 Å². The molecule has 5 heteroatoms. The third-order valence-corrected chi connectivity index (χ3v) is 3.69. The molecule has 1 aromatic carbocycles. The van der Waals surface area contributed by atoms with Gasteiger partial charge in [-0.15, -0.1) is 0 Å². The molecule has 0 bridgehead atoms. The first-order chi connectivity index (χ1) is 11.1. The van der Waals surface area contributed by atoms with Crippen LogP contribution in [0, 0.1) is 0 Å². The van der Waals surface area contributed by atoms with Gasteiger partial charge in [0.25, 0.3) is 11.8 Å². The zero-order valence-corrected chi connectivity index (χ0v) is 13.2. The van der Waals surface area contributed by atoms with Gasteiger partial charge in [-0.1, -0.05) is 42.5 Å². The second-order valence-corrected chi connectivity index (χ2v) is 5.34. The first-order valence-corrected chi connectivity index (χ1v) is 7.49. The summed E-state index contributed by atoms with van der Waals surface area (Å²) in [5.74, 6) is 4.54. The quantitative estimate of drug-likeness (QED) is 0.442. The monoisotopic (exact) mass is 311 g/mol. The molecule has 120 valence electrons. The predicted molar refractivity (Wildman–Crippen MR) is 91.4 cm³/mol. The van der Waals surface area contributed by atoms with Crippen LogP contribution >= 0.6 is 0 Å². The van der Waals surface area contributed by atoms with Crippen molar-refractivity contribution in [2.75, 3.05) is 0 Å². The molecule has 0 aliphatic heterocycles. The lowest BCUT2D eigenvalue weighted by molar-refractivity contribution is -0.122. The molecule has 4 N–H and O–H groups in total. The van der Waals surface area contributed by atoms with Crippen LogP contribution in [0.4, 0.5) is 0 Å². The largest absolute Gasteiger partial charge is 0.340 e. The van der Waals surface area contributed by atoms with E-state index >= 15 is 0 Å². The van der Waals surface area contributed by atoms with Crippen LogP contribution in [0.25, 0.3) is 6.08 Å². The lowest BCUT2D eigenvalue weighted by Gasteiger charge is -2.15. The summed E-state index contributed by atoms with van der Waals surface area (Å²) < 4.78 is 0. The highest BCUT2D eigenvalue weighted by molar-refractivity contribution is 5.98. The van der Waals surface area contributed by atoms with E-state index in [0.29, 0.717) is 5.56 Å². The molecule has 2 amide bonds. The summed E-state index contributed by atoms with van der Waals surface area (Å²) in [5.41, 5.74) is 4.64. The zero-order chi connectivity index (χ0) is 16.8. The molecule has 1 atom stereocenters. The van der Waals surface area contributed by atoms with E-state index in [0.717, 1.165) is 11.1 Å². The van der Waals surface area contributed by atoms with E-state index in [1.54, 1.807) is 13.0 Å². The Kier molecular flexibility index (Phi) is 5.49. The van der Waals surface area contributed by atoms with Crippen LogP contribution in [-0.2, 0) is 4.79 Å². The van der Waals surface area contributed by atoms with Crippen LogP contribution in [0.2, 0.25) is 0 Å². The molecule has 0 saturated carbocycles. The van der Waals surface area contributed by atoms with E-state index in [-0.39, 0.29) is 11.8 Å². The van der Waals surface area contributed by atoms with Crippen molar-refractivity contribution in [3.05, 3.63) is 65.3 Å². The topological polar surface area (TPSA) is 84.2 Å². The molecule has 0 spiro atoms. The van der Waals surface area contributed by atoms with Gasteiger partial charge in [0.05, 0.1) is 0 Å². The highest BCUT2D eigenvalue weighted by atomic mass is 16.2. The maximum atomic E-state index is 12.3. The SMILES string of the molecule is C/C=C\c1cc(C(=O)NC(C)C(=O)NN)ccc1C1C=CC=C1. The van der Waals surface area contributed by atoms with Gasteiger partial charge in [0.2, 0.25) is 0 Å². The number of nitrogens with one attached hydrogen (secondary N) is 2. The summed E-state index contributed by atoms with van der Waals surface area (Å²) in [6.07, 6.45) is 12.1. The fourth-order valence-electron chi connectivity index (χ4n) is 2.45. The van der Waals surface area contributed by atoms with Gasteiger partial charge in [-0.3, -0.25) is 15.0 Å². The molecule has 0 fully saturated rings.